The van der Waals surface area contributed by atoms with E-state index < -0.39 is 21.1 Å². The first kappa shape index (κ1) is 30.2. The predicted molar refractivity (Wildman–Crippen MR) is 41.6 cm³/mol. The molecular formula is C4H13IN4O3. The number of halogens is 1. The number of hydrogen-bond acceptors (Lipinski definition) is 7. The maximum Gasteiger partial charge on any atom is 0.503 e. The van der Waals surface area contributed by atoms with Gasteiger partial charge in [-0.25, -0.2) is 0 Å². The summed E-state index contributed by atoms with van der Waals surface area (Å²) < 4.78 is 24.5. The molecule has 8 heteroatoms. The third-order valence-corrected chi connectivity index (χ3v) is 0. The summed E-state index contributed by atoms with van der Waals surface area (Å²) in [5.41, 5.74) is 0. The van der Waals surface area contributed by atoms with Crippen molar-refractivity contribution < 1.29 is 31.4 Å². The van der Waals surface area contributed by atoms with Crippen LogP contribution in [0.1, 0.15) is 0 Å². The molecule has 0 atom stereocenters. The Kier molecular flexibility index (Phi) is 426. The van der Waals surface area contributed by atoms with Crippen LogP contribution in [0, 0.1) is 21.6 Å². The second-order valence-corrected chi connectivity index (χ2v) is 1.35. The van der Waals surface area contributed by atoms with Crippen molar-refractivity contribution >= 4 is 26.9 Å². The molecule has 0 bridgehead atoms. The Morgan fingerprint density at radius 3 is 0.750 bits per heavy atom. The highest BCUT2D eigenvalue weighted by Gasteiger charge is 1.89. The monoisotopic (exact) mass is 292 g/mol. The van der Waals surface area contributed by atoms with Crippen molar-refractivity contribution in [2.45, 2.75) is 0 Å². The molecule has 0 fully saturated rings. The maximum absolute atomic E-state index is 8.68. The Balaban J connectivity index is -0.0000000181. The highest BCUT2D eigenvalue weighted by molar-refractivity contribution is 5.16. The quantitative estimate of drug-likeness (QED) is 0.224. The van der Waals surface area contributed by atoms with Crippen molar-refractivity contribution in [3.05, 3.63) is 0 Å². The molecule has 5 N–H and O–H groups in total. The van der Waals surface area contributed by atoms with Gasteiger partial charge in [-0.05, 0) is 30.3 Å². The molecule has 0 saturated heterocycles. The average molecular weight is 292 g/mol. The van der Waals surface area contributed by atoms with Crippen LogP contribution in [0.2, 0.25) is 0 Å². The Morgan fingerprint density at radius 1 is 0.750 bits per heavy atom. The van der Waals surface area contributed by atoms with Gasteiger partial charge >= 0.3 is 21.1 Å². The van der Waals surface area contributed by atoms with Gasteiger partial charge in [-0.1, -0.05) is 0 Å². The van der Waals surface area contributed by atoms with E-state index in [2.05, 4.69) is 26.9 Å². The third-order valence-electron chi connectivity index (χ3n) is 0. The van der Waals surface area contributed by atoms with Crippen molar-refractivity contribution in [2.75, 3.05) is 0 Å². The van der Waals surface area contributed by atoms with Crippen LogP contribution >= 0.6 is 0 Å². The molecule has 0 aliphatic heterocycles. The fourth-order valence-electron chi connectivity index (χ4n) is 0. The van der Waals surface area contributed by atoms with Crippen LogP contribution in [0.25, 0.3) is 0 Å². The highest BCUT2D eigenvalue weighted by Crippen LogP contribution is 0.639. The van der Waals surface area contributed by atoms with Gasteiger partial charge in [0.1, 0.15) is 0 Å². The molecule has 0 saturated carbocycles. The zero-order valence-electron chi connectivity index (χ0n) is 6.47. The van der Waals surface area contributed by atoms with Crippen LogP contribution in [0.5, 0.6) is 0 Å². The third kappa shape index (κ3) is 1270. The van der Waals surface area contributed by atoms with Crippen LogP contribution in [0.4, 0.5) is 0 Å². The summed E-state index contributed by atoms with van der Waals surface area (Å²) in [6, 6.07) is 0. The van der Waals surface area contributed by atoms with Gasteiger partial charge in [0.15, 0.2) is 0 Å². The fraction of sp³-hybridized carbons (Fsp3) is 0. The molecule has 0 radical (unpaired) electrons. The topological polar surface area (TPSA) is 162 Å². The van der Waals surface area contributed by atoms with E-state index in [4.69, 9.17) is 31.9 Å². The fourth-order valence-corrected chi connectivity index (χ4v) is 0. The van der Waals surface area contributed by atoms with Crippen LogP contribution in [0.3, 0.4) is 0 Å². The lowest BCUT2D eigenvalue weighted by Crippen LogP contribution is -3.98. The van der Waals surface area contributed by atoms with Crippen molar-refractivity contribution in [1.29, 1.82) is 21.6 Å². The van der Waals surface area contributed by atoms with Gasteiger partial charge < -0.3 is 28.5 Å². The Bertz CT molecular complexity index is 48.8. The van der Waals surface area contributed by atoms with Crippen LogP contribution in [-0.2, 0) is 0 Å². The average Bonchev–Trinajstić information content (AvgIpc) is 2.16. The summed E-state index contributed by atoms with van der Waals surface area (Å²) in [7, 11) is 0. The molecule has 0 aromatic rings. The Hall–Kier alpha value is -0.710. The molecule has 12 heavy (non-hydrogen) atoms. The minimum Gasteiger partial charge on any atom is -0.396 e. The standard InChI is InChI=1S/4CH3N.HIO3/c4*1-2;2-1(3)4/h4*2H,1H2;2H. The zero-order chi connectivity index (χ0) is 11.6. The highest BCUT2D eigenvalue weighted by atomic mass is 127. The first-order valence-electron chi connectivity index (χ1n) is 1.89. The van der Waals surface area contributed by atoms with Crippen molar-refractivity contribution in [3.63, 3.8) is 0 Å². The molecular weight excluding hydrogens is 279 g/mol. The second kappa shape index (κ2) is 169. The summed E-state index contributed by atoms with van der Waals surface area (Å²) in [6.45, 7) is 10.0. The van der Waals surface area contributed by atoms with E-state index in [9.17, 15) is 0 Å². The van der Waals surface area contributed by atoms with Gasteiger partial charge in [-0.3, -0.25) is 0 Å². The summed E-state index contributed by atoms with van der Waals surface area (Å²) in [5, 5.41) is 22.0. The molecule has 0 spiro atoms. The lowest BCUT2D eigenvalue weighted by Gasteiger charge is -1.67. The summed E-state index contributed by atoms with van der Waals surface area (Å²) in [5.74, 6) is 0. The van der Waals surface area contributed by atoms with Gasteiger partial charge in [0, 0.05) is 0 Å². The van der Waals surface area contributed by atoms with Gasteiger partial charge in [0.25, 0.3) is 0 Å². The maximum atomic E-state index is 8.68. The second-order valence-electron chi connectivity index (χ2n) is 0.201. The van der Waals surface area contributed by atoms with E-state index in [-0.39, 0.29) is 0 Å². The SMILES string of the molecule is C=N.C=N.C=N.C=N.[O-][I+2]([O-])O. The van der Waals surface area contributed by atoms with Gasteiger partial charge in [0.2, 0.25) is 0 Å². The largest absolute Gasteiger partial charge is 0.503 e. The normalized spacial score (nSPS) is 4.33. The lowest BCUT2D eigenvalue weighted by molar-refractivity contribution is -1.63. The Morgan fingerprint density at radius 2 is 0.750 bits per heavy atom. The molecule has 0 rings (SSSR count). The summed E-state index contributed by atoms with van der Waals surface area (Å²) in [4.78, 5) is 0. The van der Waals surface area contributed by atoms with E-state index >= 15 is 0 Å². The smallest absolute Gasteiger partial charge is 0.396 e. The van der Waals surface area contributed by atoms with E-state index in [1.807, 2.05) is 0 Å². The zero-order valence-corrected chi connectivity index (χ0v) is 8.63. The summed E-state index contributed by atoms with van der Waals surface area (Å²) >= 11 is -3.76. The molecule has 0 unspecified atom stereocenters. The molecule has 0 aromatic carbocycles. The van der Waals surface area contributed by atoms with Crippen LogP contribution in [-0.4, -0.2) is 30.3 Å². The van der Waals surface area contributed by atoms with E-state index in [0.717, 1.165) is 0 Å². The molecule has 0 aromatic heterocycles. The Labute approximate surface area is 80.1 Å². The molecule has 0 aliphatic carbocycles. The van der Waals surface area contributed by atoms with E-state index in [1.165, 1.54) is 0 Å². The number of rotatable bonds is 0. The molecule has 7 nitrogen and oxygen atoms in total. The van der Waals surface area contributed by atoms with Gasteiger partial charge in [-0.2, -0.15) is 0 Å². The van der Waals surface area contributed by atoms with Crippen LogP contribution in [0.15, 0.2) is 0 Å². The van der Waals surface area contributed by atoms with E-state index in [1.54, 1.807) is 0 Å². The molecule has 0 amide bonds. The first-order chi connectivity index (χ1) is 5.73. The van der Waals surface area contributed by atoms with Crippen molar-refractivity contribution in [1.82, 2.24) is 0 Å². The van der Waals surface area contributed by atoms with Crippen LogP contribution < -0.4 is 27.9 Å². The predicted octanol–water partition coefficient (Wildman–Crippen LogP) is -4.87. The first-order valence-corrected chi connectivity index (χ1v) is 4.62. The van der Waals surface area contributed by atoms with Gasteiger partial charge in [0.05, 0.1) is 0 Å². The van der Waals surface area contributed by atoms with Crippen molar-refractivity contribution in [3.8, 4) is 0 Å². The number of hydrogen-bond donors (Lipinski definition) is 5. The molecule has 0 aliphatic rings. The minimum absolute atomic E-state index is 2.50. The van der Waals surface area contributed by atoms with E-state index in [0.29, 0.717) is 0 Å². The molecule has 0 heterocycles. The van der Waals surface area contributed by atoms with Gasteiger partial charge in [-0.15, -0.1) is 0 Å². The minimum atomic E-state index is -3.76. The molecule has 74 valence electrons. The lowest BCUT2D eigenvalue weighted by atomic mass is 11.8. The van der Waals surface area contributed by atoms with Crippen molar-refractivity contribution in [2.24, 2.45) is 0 Å². The number of nitrogens with one attached hydrogen (secondary N) is 4. The summed E-state index contributed by atoms with van der Waals surface area (Å²) in [6.07, 6.45) is 0.